The molecule has 6 heteroatoms. The smallest absolute Gasteiger partial charge is 0.306 e. The Morgan fingerprint density at radius 3 is 0.870 bits per heavy atom. The normalized spacial score (nSPS) is 12.4. The van der Waals surface area contributed by atoms with Gasteiger partial charge in [0.05, 0.1) is 0 Å². The fourth-order valence-electron chi connectivity index (χ4n) is 9.99. The van der Waals surface area contributed by atoms with Crippen molar-refractivity contribution < 1.29 is 28.6 Å². The topological polar surface area (TPSA) is 78.9 Å². The Hall–Kier alpha value is -2.89. The van der Waals surface area contributed by atoms with Gasteiger partial charge in [0.15, 0.2) is 6.10 Å². The monoisotopic (exact) mass is 1080 g/mol. The van der Waals surface area contributed by atoms with Crippen molar-refractivity contribution in [2.24, 2.45) is 0 Å². The van der Waals surface area contributed by atoms with Gasteiger partial charge in [0.2, 0.25) is 0 Å². The molecule has 0 saturated carbocycles. The molecule has 0 aromatic heterocycles. The number of esters is 3. The van der Waals surface area contributed by atoms with E-state index in [0.29, 0.717) is 19.3 Å². The second-order valence-electron chi connectivity index (χ2n) is 22.7. The van der Waals surface area contributed by atoms with Gasteiger partial charge in [-0.1, -0.05) is 326 Å². The first kappa shape index (κ1) is 74.1. The number of allylic oxidation sites excluding steroid dienone is 10. The second kappa shape index (κ2) is 65.6. The first-order valence-electron chi connectivity index (χ1n) is 33.8. The molecule has 448 valence electrons. The summed E-state index contributed by atoms with van der Waals surface area (Å²) in [7, 11) is 0. The predicted molar refractivity (Wildman–Crippen MR) is 335 cm³/mol. The Balaban J connectivity index is 4.29. The van der Waals surface area contributed by atoms with E-state index < -0.39 is 6.10 Å². The molecular formula is C71H128O6. The zero-order valence-electron chi connectivity index (χ0n) is 51.5. The highest BCUT2D eigenvalue weighted by molar-refractivity contribution is 5.71. The Kier molecular flexibility index (Phi) is 63.2. The molecule has 0 fully saturated rings. The summed E-state index contributed by atoms with van der Waals surface area (Å²) >= 11 is 0. The fraction of sp³-hybridized carbons (Fsp3) is 0.817. The number of unbranched alkanes of at least 4 members (excludes halogenated alkanes) is 41. The molecule has 0 aliphatic rings. The van der Waals surface area contributed by atoms with Crippen LogP contribution in [0.15, 0.2) is 60.8 Å². The second-order valence-corrected chi connectivity index (χ2v) is 22.7. The molecule has 0 spiro atoms. The summed E-state index contributed by atoms with van der Waals surface area (Å²) in [5.41, 5.74) is 0. The van der Waals surface area contributed by atoms with Crippen LogP contribution < -0.4 is 0 Å². The van der Waals surface area contributed by atoms with Crippen LogP contribution in [0.25, 0.3) is 0 Å². The Bertz CT molecular complexity index is 1380. The first-order valence-corrected chi connectivity index (χ1v) is 33.8. The van der Waals surface area contributed by atoms with Crippen molar-refractivity contribution in [3.63, 3.8) is 0 Å². The lowest BCUT2D eigenvalue weighted by molar-refractivity contribution is -0.166. The van der Waals surface area contributed by atoms with Crippen molar-refractivity contribution in [3.05, 3.63) is 60.8 Å². The minimum atomic E-state index is -0.802. The molecule has 0 radical (unpaired) electrons. The number of rotatable bonds is 62. The van der Waals surface area contributed by atoms with Crippen molar-refractivity contribution in [1.29, 1.82) is 0 Å². The summed E-state index contributed by atoms with van der Waals surface area (Å²) in [6.45, 7) is 6.52. The van der Waals surface area contributed by atoms with E-state index in [2.05, 4.69) is 75.5 Å². The first-order chi connectivity index (χ1) is 38.0. The minimum Gasteiger partial charge on any atom is -0.462 e. The van der Waals surface area contributed by atoms with Gasteiger partial charge in [-0.25, -0.2) is 0 Å². The van der Waals surface area contributed by atoms with E-state index in [9.17, 15) is 14.4 Å². The number of carbonyl (C=O) groups is 3. The van der Waals surface area contributed by atoms with E-state index in [1.807, 2.05) is 6.08 Å². The van der Waals surface area contributed by atoms with Gasteiger partial charge in [-0.3, -0.25) is 14.4 Å². The van der Waals surface area contributed by atoms with Crippen molar-refractivity contribution in [2.45, 2.75) is 361 Å². The molecule has 0 bridgehead atoms. The molecule has 0 aliphatic heterocycles. The summed E-state index contributed by atoms with van der Waals surface area (Å²) in [6.07, 6.45) is 84.1. The number of hydrogen-bond acceptors (Lipinski definition) is 6. The van der Waals surface area contributed by atoms with Crippen LogP contribution in [-0.2, 0) is 28.6 Å². The Morgan fingerprint density at radius 1 is 0.273 bits per heavy atom. The zero-order valence-corrected chi connectivity index (χ0v) is 51.5. The van der Waals surface area contributed by atoms with Gasteiger partial charge >= 0.3 is 17.9 Å². The summed E-state index contributed by atoms with van der Waals surface area (Å²) in [6, 6.07) is 0. The van der Waals surface area contributed by atoms with Crippen LogP contribution in [0.3, 0.4) is 0 Å². The maximum Gasteiger partial charge on any atom is 0.306 e. The molecule has 0 rings (SSSR count). The molecule has 1 atom stereocenters. The highest BCUT2D eigenvalue weighted by Gasteiger charge is 2.19. The van der Waals surface area contributed by atoms with Crippen molar-refractivity contribution in [3.8, 4) is 0 Å². The predicted octanol–water partition coefficient (Wildman–Crippen LogP) is 23.1. The van der Waals surface area contributed by atoms with Gasteiger partial charge in [-0.05, 0) is 70.6 Å². The van der Waals surface area contributed by atoms with Crippen molar-refractivity contribution in [2.75, 3.05) is 13.2 Å². The molecule has 0 N–H and O–H groups in total. The van der Waals surface area contributed by atoms with E-state index in [-0.39, 0.29) is 37.5 Å². The summed E-state index contributed by atoms with van der Waals surface area (Å²) in [5, 5.41) is 0. The largest absolute Gasteiger partial charge is 0.462 e. The molecule has 0 aliphatic carbocycles. The molecule has 0 aromatic carbocycles. The van der Waals surface area contributed by atoms with Crippen molar-refractivity contribution in [1.82, 2.24) is 0 Å². The summed E-state index contributed by atoms with van der Waals surface area (Å²) < 4.78 is 16.9. The van der Waals surface area contributed by atoms with Crippen LogP contribution in [0.1, 0.15) is 355 Å². The SMILES string of the molecule is CC/C=C\C/C=C\C/C=C\C/C=C\CCC(=O)OCC(COC(=O)CCCCCCCCCCCCC/C=C\CCCCCCCCCC)OC(=O)CCCCCCCCCCCCCCCCCCCCCCCCC. The van der Waals surface area contributed by atoms with E-state index in [1.54, 1.807) is 0 Å². The van der Waals surface area contributed by atoms with E-state index in [1.165, 1.54) is 244 Å². The van der Waals surface area contributed by atoms with Crippen LogP contribution in [0.4, 0.5) is 0 Å². The lowest BCUT2D eigenvalue weighted by Crippen LogP contribution is -2.30. The molecular weight excluding hydrogens is 949 g/mol. The fourth-order valence-corrected chi connectivity index (χ4v) is 9.99. The third-order valence-electron chi connectivity index (χ3n) is 15.0. The quantitative estimate of drug-likeness (QED) is 0.0261. The number of carbonyl (C=O) groups excluding carboxylic acids is 3. The third-order valence-corrected chi connectivity index (χ3v) is 15.0. The summed E-state index contributed by atoms with van der Waals surface area (Å²) in [5.74, 6) is -0.958. The van der Waals surface area contributed by atoms with Gasteiger partial charge in [0.1, 0.15) is 13.2 Å². The van der Waals surface area contributed by atoms with Gasteiger partial charge in [-0.15, -0.1) is 0 Å². The van der Waals surface area contributed by atoms with Gasteiger partial charge in [0, 0.05) is 19.3 Å². The Morgan fingerprint density at radius 2 is 0.532 bits per heavy atom. The lowest BCUT2D eigenvalue weighted by atomic mass is 10.0. The summed E-state index contributed by atoms with van der Waals surface area (Å²) in [4.78, 5) is 38.3. The maximum absolute atomic E-state index is 12.9. The average molecular weight is 1080 g/mol. The van der Waals surface area contributed by atoms with E-state index in [4.69, 9.17) is 14.2 Å². The van der Waals surface area contributed by atoms with Crippen LogP contribution in [0.2, 0.25) is 0 Å². The standard InChI is InChI=1S/C71H128O6/c1-4-7-10-13-16-19-22-25-27-29-31-33-35-37-39-41-43-46-49-52-55-58-61-64-70(73)76-67-68(66-75-69(72)63-60-57-54-51-48-45-24-21-18-15-12-9-6-3)77-71(74)65-62-59-56-53-50-47-44-42-40-38-36-34-32-30-28-26-23-20-17-14-11-8-5-2/h9,12,18,21,29,31,45,48,54,57,68H,4-8,10-11,13-17,19-20,22-28,30,32-44,46-47,49-53,55-56,58-67H2,1-3H3/b12-9-,21-18-,31-29-,48-45-,57-54-. The third kappa shape index (κ3) is 63.8. The van der Waals surface area contributed by atoms with Crippen molar-refractivity contribution >= 4 is 17.9 Å². The zero-order chi connectivity index (χ0) is 55.7. The molecule has 0 saturated heterocycles. The molecule has 1 unspecified atom stereocenters. The maximum atomic E-state index is 12.9. The highest BCUT2D eigenvalue weighted by Crippen LogP contribution is 2.18. The van der Waals surface area contributed by atoms with Crippen LogP contribution >= 0.6 is 0 Å². The van der Waals surface area contributed by atoms with Crippen LogP contribution in [0.5, 0.6) is 0 Å². The molecule has 0 amide bonds. The van der Waals surface area contributed by atoms with Crippen LogP contribution in [-0.4, -0.2) is 37.2 Å². The average Bonchev–Trinajstić information content (AvgIpc) is 3.43. The molecule has 0 aromatic rings. The number of ether oxygens (including phenoxy) is 3. The molecule has 0 heterocycles. The highest BCUT2D eigenvalue weighted by atomic mass is 16.6. The van der Waals surface area contributed by atoms with E-state index >= 15 is 0 Å². The number of hydrogen-bond donors (Lipinski definition) is 0. The molecule has 77 heavy (non-hydrogen) atoms. The van der Waals surface area contributed by atoms with E-state index in [0.717, 1.165) is 64.2 Å². The Labute approximate surface area is 479 Å². The van der Waals surface area contributed by atoms with Gasteiger partial charge in [-0.2, -0.15) is 0 Å². The molecule has 6 nitrogen and oxygen atoms in total. The van der Waals surface area contributed by atoms with Gasteiger partial charge in [0.25, 0.3) is 0 Å². The minimum absolute atomic E-state index is 0.0931. The van der Waals surface area contributed by atoms with Gasteiger partial charge < -0.3 is 14.2 Å². The lowest BCUT2D eigenvalue weighted by Gasteiger charge is -2.18. The van der Waals surface area contributed by atoms with Crippen LogP contribution in [0, 0.1) is 0 Å².